The van der Waals surface area contributed by atoms with Crippen molar-refractivity contribution in [3.63, 3.8) is 0 Å². The van der Waals surface area contributed by atoms with Crippen molar-refractivity contribution in [2.45, 2.75) is 33.7 Å². The third kappa shape index (κ3) is 3.06. The molecule has 0 bridgehead atoms. The van der Waals surface area contributed by atoms with Crippen molar-refractivity contribution in [2.24, 2.45) is 7.05 Å². The van der Waals surface area contributed by atoms with Gasteiger partial charge in [-0.1, -0.05) is 0 Å². The molecule has 10 nitrogen and oxygen atoms in total. The van der Waals surface area contributed by atoms with Crippen molar-refractivity contribution >= 4 is 28.7 Å². The van der Waals surface area contributed by atoms with Gasteiger partial charge in [0, 0.05) is 24.6 Å². The first-order valence-electron chi connectivity index (χ1n) is 10.2. The number of rotatable bonds is 5. The van der Waals surface area contributed by atoms with Gasteiger partial charge in [0.2, 0.25) is 5.78 Å². The number of hydrogen-bond donors (Lipinski definition) is 0. The second-order valence-electron chi connectivity index (χ2n) is 7.63. The molecule has 0 saturated carbocycles. The Hall–Kier alpha value is -3.95. The van der Waals surface area contributed by atoms with Crippen molar-refractivity contribution < 1.29 is 14.3 Å². The maximum Gasteiger partial charge on any atom is 0.338 e. The number of aromatic nitrogens is 5. The summed E-state index contributed by atoms with van der Waals surface area (Å²) in [4.78, 5) is 54.4. The van der Waals surface area contributed by atoms with E-state index in [1.165, 1.54) is 25.5 Å². The molecule has 1 unspecified atom stereocenters. The van der Waals surface area contributed by atoms with Gasteiger partial charge in [0.15, 0.2) is 16.9 Å². The van der Waals surface area contributed by atoms with Gasteiger partial charge in [-0.3, -0.25) is 23.1 Å². The van der Waals surface area contributed by atoms with E-state index in [0.29, 0.717) is 11.3 Å². The monoisotopic (exact) mass is 437 g/mol. The molecule has 10 heteroatoms. The van der Waals surface area contributed by atoms with Gasteiger partial charge < -0.3 is 4.74 Å². The van der Waals surface area contributed by atoms with Gasteiger partial charge in [-0.05, 0) is 52.0 Å². The first kappa shape index (κ1) is 21.3. The molecule has 0 N–H and O–H groups in total. The third-order valence-corrected chi connectivity index (χ3v) is 5.59. The number of Topliss-reactive ketones (excluding diaryl/α,β-unsaturated/α-hetero) is 1. The summed E-state index contributed by atoms with van der Waals surface area (Å²) in [5.41, 5.74) is 1.19. The number of imidazole rings is 2. The fraction of sp³-hybridized carbons (Fsp3) is 0.318. The molecule has 4 aromatic rings. The minimum absolute atomic E-state index is 0.209. The highest BCUT2D eigenvalue weighted by Crippen LogP contribution is 2.22. The molecule has 0 spiro atoms. The second kappa shape index (κ2) is 7.63. The lowest BCUT2D eigenvalue weighted by molar-refractivity contribution is -0.119. The summed E-state index contributed by atoms with van der Waals surface area (Å²) < 4.78 is 10.7. The number of ether oxygens (including phenoxy) is 1. The molecule has 0 amide bonds. The Morgan fingerprint density at radius 2 is 1.81 bits per heavy atom. The van der Waals surface area contributed by atoms with Crippen molar-refractivity contribution in [1.82, 2.24) is 23.1 Å². The van der Waals surface area contributed by atoms with Crippen LogP contribution in [-0.2, 0) is 16.6 Å². The quantitative estimate of drug-likeness (QED) is 0.440. The Balaban J connectivity index is 1.97. The van der Waals surface area contributed by atoms with E-state index in [1.54, 1.807) is 41.8 Å². The van der Waals surface area contributed by atoms with E-state index in [4.69, 9.17) is 4.74 Å². The standard InChI is InChI=1S/C22H23N5O5/c1-6-32-20(30)15-7-9-16(10-8-15)26-12(2)11-25-17-18(23-21(25)26)24(5)22(31)27(19(17)29)13(3)14(4)28/h7-11,13H,6H2,1-5H3. The summed E-state index contributed by atoms with van der Waals surface area (Å²) in [6.45, 7) is 6.76. The van der Waals surface area contributed by atoms with Gasteiger partial charge >= 0.3 is 11.7 Å². The average molecular weight is 437 g/mol. The highest BCUT2D eigenvalue weighted by molar-refractivity contribution is 5.89. The fourth-order valence-electron chi connectivity index (χ4n) is 3.78. The molecule has 166 valence electrons. The van der Waals surface area contributed by atoms with E-state index in [0.717, 1.165) is 15.9 Å². The van der Waals surface area contributed by atoms with Crippen LogP contribution in [0.4, 0.5) is 0 Å². The fourth-order valence-corrected chi connectivity index (χ4v) is 3.78. The number of carbonyl (C=O) groups is 2. The predicted molar refractivity (Wildman–Crippen MR) is 118 cm³/mol. The van der Waals surface area contributed by atoms with Crippen LogP contribution in [0, 0.1) is 6.92 Å². The van der Waals surface area contributed by atoms with Crippen molar-refractivity contribution in [2.75, 3.05) is 6.61 Å². The van der Waals surface area contributed by atoms with Gasteiger partial charge in [-0.2, -0.15) is 4.98 Å². The number of hydrogen-bond acceptors (Lipinski definition) is 6. The van der Waals surface area contributed by atoms with Crippen molar-refractivity contribution in [3.05, 3.63) is 62.6 Å². The zero-order chi connectivity index (χ0) is 23.3. The van der Waals surface area contributed by atoms with Crippen LogP contribution in [0.3, 0.4) is 0 Å². The lowest BCUT2D eigenvalue weighted by atomic mass is 10.2. The average Bonchev–Trinajstić information content (AvgIpc) is 3.27. The Labute approximate surface area is 182 Å². The molecule has 1 aromatic carbocycles. The normalized spacial score (nSPS) is 12.4. The molecule has 0 aliphatic rings. The largest absolute Gasteiger partial charge is 0.462 e. The Bertz CT molecular complexity index is 1500. The van der Waals surface area contributed by atoms with Crippen LogP contribution in [0.1, 0.15) is 42.9 Å². The minimum atomic E-state index is -0.894. The minimum Gasteiger partial charge on any atom is -0.462 e. The molecule has 3 aromatic heterocycles. The molecule has 0 fully saturated rings. The number of aryl methyl sites for hydroxylation is 2. The Morgan fingerprint density at radius 1 is 1.16 bits per heavy atom. The molecule has 4 rings (SSSR count). The summed E-state index contributed by atoms with van der Waals surface area (Å²) in [6.07, 6.45) is 1.75. The van der Waals surface area contributed by atoms with Gasteiger partial charge in [0.05, 0.1) is 18.2 Å². The molecular formula is C22H23N5O5. The third-order valence-electron chi connectivity index (χ3n) is 5.59. The number of esters is 1. The number of ketones is 1. The molecule has 3 heterocycles. The molecule has 0 aliphatic heterocycles. The smallest absolute Gasteiger partial charge is 0.338 e. The van der Waals surface area contributed by atoms with Gasteiger partial charge in [0.25, 0.3) is 5.56 Å². The molecule has 0 saturated heterocycles. The number of benzene rings is 1. The lowest BCUT2D eigenvalue weighted by Crippen LogP contribution is -2.42. The van der Waals surface area contributed by atoms with Gasteiger partial charge in [0.1, 0.15) is 0 Å². The summed E-state index contributed by atoms with van der Waals surface area (Å²) in [5.74, 6) is -0.267. The van der Waals surface area contributed by atoms with Crippen LogP contribution in [-0.4, -0.2) is 41.4 Å². The first-order valence-corrected chi connectivity index (χ1v) is 10.2. The number of carbonyl (C=O) groups excluding carboxylic acids is 2. The van der Waals surface area contributed by atoms with Crippen LogP contribution in [0.15, 0.2) is 40.1 Å². The van der Waals surface area contributed by atoms with Crippen LogP contribution < -0.4 is 11.2 Å². The highest BCUT2D eigenvalue weighted by Gasteiger charge is 2.24. The van der Waals surface area contributed by atoms with Crippen molar-refractivity contribution in [3.8, 4) is 5.69 Å². The summed E-state index contributed by atoms with van der Waals surface area (Å²) in [6, 6.07) is 5.93. The van der Waals surface area contributed by atoms with Crippen LogP contribution in [0.2, 0.25) is 0 Å². The molecule has 0 aliphatic carbocycles. The van der Waals surface area contributed by atoms with Crippen LogP contribution >= 0.6 is 0 Å². The Kier molecular flexibility index (Phi) is 5.08. The van der Waals surface area contributed by atoms with Gasteiger partial charge in [-0.25, -0.2) is 14.2 Å². The van der Waals surface area contributed by atoms with E-state index in [9.17, 15) is 19.2 Å². The molecule has 0 radical (unpaired) electrons. The summed E-state index contributed by atoms with van der Waals surface area (Å²) in [7, 11) is 1.52. The van der Waals surface area contributed by atoms with E-state index in [1.807, 2.05) is 11.5 Å². The van der Waals surface area contributed by atoms with E-state index >= 15 is 0 Å². The summed E-state index contributed by atoms with van der Waals surface area (Å²) in [5, 5.41) is 0. The highest BCUT2D eigenvalue weighted by atomic mass is 16.5. The van der Waals surface area contributed by atoms with Crippen LogP contribution in [0.5, 0.6) is 0 Å². The van der Waals surface area contributed by atoms with E-state index in [2.05, 4.69) is 4.98 Å². The SMILES string of the molecule is CCOC(=O)c1ccc(-n2c(C)cn3c4c(=O)n(C(C)C(C)=O)c(=O)n(C)c4nc23)cc1. The Morgan fingerprint density at radius 3 is 2.41 bits per heavy atom. The van der Waals surface area contributed by atoms with Crippen LogP contribution in [0.25, 0.3) is 22.6 Å². The van der Waals surface area contributed by atoms with Crippen molar-refractivity contribution in [1.29, 1.82) is 0 Å². The second-order valence-corrected chi connectivity index (χ2v) is 7.63. The molecular weight excluding hydrogens is 414 g/mol. The van der Waals surface area contributed by atoms with E-state index in [-0.39, 0.29) is 23.6 Å². The van der Waals surface area contributed by atoms with Gasteiger partial charge in [-0.15, -0.1) is 0 Å². The molecule has 32 heavy (non-hydrogen) atoms. The molecule has 1 atom stereocenters. The zero-order valence-electron chi connectivity index (χ0n) is 18.4. The number of nitrogens with zero attached hydrogens (tertiary/aromatic N) is 5. The maximum absolute atomic E-state index is 13.2. The number of fused-ring (bicyclic) bond motifs is 3. The zero-order valence-corrected chi connectivity index (χ0v) is 18.4. The summed E-state index contributed by atoms with van der Waals surface area (Å²) >= 11 is 0. The topological polar surface area (TPSA) is 110 Å². The predicted octanol–water partition coefficient (Wildman–Crippen LogP) is 1.77. The van der Waals surface area contributed by atoms with E-state index < -0.39 is 23.3 Å². The maximum atomic E-state index is 13.2. The first-order chi connectivity index (χ1) is 15.2. The lowest BCUT2D eigenvalue weighted by Gasteiger charge is -2.12.